The van der Waals surface area contributed by atoms with Gasteiger partial charge < -0.3 is 10.6 Å². The van der Waals surface area contributed by atoms with E-state index in [1.807, 2.05) is 12.3 Å². The Hall–Kier alpha value is -0.130. The van der Waals surface area contributed by atoms with Crippen molar-refractivity contribution in [3.63, 3.8) is 0 Å². The lowest BCUT2D eigenvalue weighted by atomic mass is 9.97. The number of halogens is 2. The number of rotatable bonds is 1. The first-order valence-electron chi connectivity index (χ1n) is 5.38. The van der Waals surface area contributed by atoms with E-state index < -0.39 is 0 Å². The third-order valence-electron chi connectivity index (χ3n) is 2.78. The zero-order valence-corrected chi connectivity index (χ0v) is 12.3. The van der Waals surface area contributed by atoms with Gasteiger partial charge in [-0.05, 0) is 50.3 Å². The summed E-state index contributed by atoms with van der Waals surface area (Å²) in [5.41, 5.74) is 6.04. The number of aromatic nitrogens is 1. The number of pyridine rings is 1. The summed E-state index contributed by atoms with van der Waals surface area (Å²) in [4.78, 5) is 6.71. The number of nitrogens with zero attached hydrogens (tertiary/aromatic N) is 2. The Balaban J connectivity index is 2.23. The van der Waals surface area contributed by atoms with E-state index in [0.29, 0.717) is 5.92 Å². The fourth-order valence-corrected chi connectivity index (χ4v) is 3.45. The summed E-state index contributed by atoms with van der Waals surface area (Å²) in [6, 6.07) is 2.27. The van der Waals surface area contributed by atoms with Crippen molar-refractivity contribution in [1.82, 2.24) is 4.98 Å². The van der Waals surface area contributed by atoms with Crippen LogP contribution in [0.4, 0.5) is 5.82 Å². The van der Waals surface area contributed by atoms with Crippen LogP contribution in [0.15, 0.2) is 21.2 Å². The SMILES string of the molecule is CC1CC(N)CN(c2ncc(Br)cc2Br)C1. The predicted molar refractivity (Wildman–Crippen MR) is 73.6 cm³/mol. The molecule has 2 atom stereocenters. The van der Waals surface area contributed by atoms with Gasteiger partial charge in [-0.15, -0.1) is 0 Å². The van der Waals surface area contributed by atoms with Gasteiger partial charge in [0.25, 0.3) is 0 Å². The molecule has 1 aliphatic heterocycles. The number of hydrogen-bond donors (Lipinski definition) is 1. The van der Waals surface area contributed by atoms with E-state index in [2.05, 4.69) is 48.7 Å². The van der Waals surface area contributed by atoms with E-state index in [0.717, 1.165) is 34.3 Å². The van der Waals surface area contributed by atoms with E-state index in [1.54, 1.807) is 0 Å². The number of hydrogen-bond acceptors (Lipinski definition) is 3. The predicted octanol–water partition coefficient (Wildman–Crippen LogP) is 2.78. The molecule has 1 saturated heterocycles. The van der Waals surface area contributed by atoms with Crippen molar-refractivity contribution in [3.05, 3.63) is 21.2 Å². The normalized spacial score (nSPS) is 25.9. The minimum atomic E-state index is 0.251. The van der Waals surface area contributed by atoms with Crippen LogP contribution in [0.1, 0.15) is 13.3 Å². The maximum Gasteiger partial charge on any atom is 0.143 e. The van der Waals surface area contributed by atoms with E-state index in [1.165, 1.54) is 0 Å². The van der Waals surface area contributed by atoms with Crippen LogP contribution < -0.4 is 10.6 Å². The molecular weight excluding hydrogens is 334 g/mol. The van der Waals surface area contributed by atoms with Gasteiger partial charge in [-0.3, -0.25) is 0 Å². The smallest absolute Gasteiger partial charge is 0.143 e. The molecule has 0 aromatic carbocycles. The Morgan fingerprint density at radius 3 is 2.81 bits per heavy atom. The molecule has 1 fully saturated rings. The van der Waals surface area contributed by atoms with Gasteiger partial charge in [-0.25, -0.2) is 4.98 Å². The quantitative estimate of drug-likeness (QED) is 0.848. The third kappa shape index (κ3) is 2.76. The minimum absolute atomic E-state index is 0.251. The highest BCUT2D eigenvalue weighted by molar-refractivity contribution is 9.11. The topological polar surface area (TPSA) is 42.1 Å². The Kier molecular flexibility index (Phi) is 3.87. The first-order chi connectivity index (χ1) is 7.56. The maximum atomic E-state index is 6.04. The largest absolute Gasteiger partial charge is 0.354 e. The van der Waals surface area contributed by atoms with Gasteiger partial charge in [0.15, 0.2) is 0 Å². The van der Waals surface area contributed by atoms with Crippen LogP contribution in [0.2, 0.25) is 0 Å². The molecule has 0 radical (unpaired) electrons. The summed E-state index contributed by atoms with van der Waals surface area (Å²) < 4.78 is 2.00. The van der Waals surface area contributed by atoms with Crippen LogP contribution in [0.25, 0.3) is 0 Å². The molecule has 16 heavy (non-hydrogen) atoms. The standard InChI is InChI=1S/C11H15Br2N3/c1-7-2-9(14)6-16(5-7)11-10(13)3-8(12)4-15-11/h3-4,7,9H,2,5-6,14H2,1H3. The van der Waals surface area contributed by atoms with Gasteiger partial charge in [-0.2, -0.15) is 0 Å². The molecule has 1 aromatic heterocycles. The van der Waals surface area contributed by atoms with Crippen LogP contribution in [0.5, 0.6) is 0 Å². The Morgan fingerprint density at radius 1 is 1.44 bits per heavy atom. The monoisotopic (exact) mass is 347 g/mol. The summed E-state index contributed by atoms with van der Waals surface area (Å²) in [5, 5.41) is 0. The van der Waals surface area contributed by atoms with Crippen molar-refractivity contribution < 1.29 is 0 Å². The van der Waals surface area contributed by atoms with Gasteiger partial charge in [-0.1, -0.05) is 6.92 Å². The molecule has 0 aliphatic carbocycles. The zero-order valence-electron chi connectivity index (χ0n) is 9.16. The van der Waals surface area contributed by atoms with Crippen molar-refractivity contribution in [2.45, 2.75) is 19.4 Å². The second-order valence-electron chi connectivity index (χ2n) is 4.46. The van der Waals surface area contributed by atoms with Gasteiger partial charge in [0.2, 0.25) is 0 Å². The molecule has 1 aliphatic rings. The van der Waals surface area contributed by atoms with E-state index in [-0.39, 0.29) is 6.04 Å². The van der Waals surface area contributed by atoms with Gasteiger partial charge in [0, 0.05) is 29.8 Å². The van der Waals surface area contributed by atoms with E-state index >= 15 is 0 Å². The van der Waals surface area contributed by atoms with Crippen molar-refractivity contribution >= 4 is 37.7 Å². The van der Waals surface area contributed by atoms with Crippen molar-refractivity contribution in [2.75, 3.05) is 18.0 Å². The summed E-state index contributed by atoms with van der Waals surface area (Å²) in [7, 11) is 0. The molecule has 3 nitrogen and oxygen atoms in total. The first kappa shape index (κ1) is 12.3. The highest BCUT2D eigenvalue weighted by Crippen LogP contribution is 2.29. The molecule has 2 rings (SSSR count). The molecule has 2 heterocycles. The first-order valence-corrected chi connectivity index (χ1v) is 6.96. The van der Waals surface area contributed by atoms with Gasteiger partial charge in [0.1, 0.15) is 5.82 Å². The van der Waals surface area contributed by atoms with E-state index in [9.17, 15) is 0 Å². The second-order valence-corrected chi connectivity index (χ2v) is 6.23. The lowest BCUT2D eigenvalue weighted by Crippen LogP contribution is -2.46. The Morgan fingerprint density at radius 2 is 2.19 bits per heavy atom. The number of piperidine rings is 1. The summed E-state index contributed by atoms with van der Waals surface area (Å²) in [6.45, 7) is 4.15. The molecule has 2 N–H and O–H groups in total. The fourth-order valence-electron chi connectivity index (χ4n) is 2.21. The van der Waals surface area contributed by atoms with Crippen molar-refractivity contribution in [2.24, 2.45) is 11.7 Å². The molecule has 0 saturated carbocycles. The van der Waals surface area contributed by atoms with Crippen LogP contribution in [0, 0.1) is 5.92 Å². The minimum Gasteiger partial charge on any atom is -0.354 e. The lowest BCUT2D eigenvalue weighted by molar-refractivity contribution is 0.399. The number of nitrogens with two attached hydrogens (primary N) is 1. The highest BCUT2D eigenvalue weighted by atomic mass is 79.9. The highest BCUT2D eigenvalue weighted by Gasteiger charge is 2.24. The van der Waals surface area contributed by atoms with Crippen LogP contribution >= 0.6 is 31.9 Å². The zero-order chi connectivity index (χ0) is 11.7. The summed E-state index contributed by atoms with van der Waals surface area (Å²) >= 11 is 6.96. The third-order valence-corrected chi connectivity index (χ3v) is 3.80. The molecule has 5 heteroatoms. The Labute approximate surface area is 113 Å². The van der Waals surface area contributed by atoms with Crippen LogP contribution in [-0.2, 0) is 0 Å². The average molecular weight is 349 g/mol. The molecule has 0 amide bonds. The van der Waals surface area contributed by atoms with E-state index in [4.69, 9.17) is 5.73 Å². The molecule has 0 spiro atoms. The van der Waals surface area contributed by atoms with Crippen molar-refractivity contribution in [1.29, 1.82) is 0 Å². The van der Waals surface area contributed by atoms with Gasteiger partial charge in [0.05, 0.1) is 4.47 Å². The number of anilines is 1. The maximum absolute atomic E-state index is 6.04. The summed E-state index contributed by atoms with van der Waals surface area (Å²) in [5.74, 6) is 1.62. The van der Waals surface area contributed by atoms with Crippen LogP contribution in [-0.4, -0.2) is 24.1 Å². The van der Waals surface area contributed by atoms with Crippen LogP contribution in [0.3, 0.4) is 0 Å². The fraction of sp³-hybridized carbons (Fsp3) is 0.545. The molecule has 2 unspecified atom stereocenters. The molecule has 1 aromatic rings. The molecule has 88 valence electrons. The van der Waals surface area contributed by atoms with Crippen molar-refractivity contribution in [3.8, 4) is 0 Å². The van der Waals surface area contributed by atoms with Gasteiger partial charge >= 0.3 is 0 Å². The molecule has 0 bridgehead atoms. The Bertz CT molecular complexity index is 373. The second kappa shape index (κ2) is 5.02. The molecular formula is C11H15Br2N3. The lowest BCUT2D eigenvalue weighted by Gasteiger charge is -2.36. The summed E-state index contributed by atoms with van der Waals surface area (Å²) in [6.07, 6.45) is 2.93. The average Bonchev–Trinajstić information content (AvgIpc) is 2.15.